The molecule has 1 aromatic carbocycles. The van der Waals surface area contributed by atoms with Gasteiger partial charge in [-0.15, -0.1) is 0 Å². The number of likely N-dealkylation sites (N-methyl/N-ethyl adjacent to an activating group) is 1. The van der Waals surface area contributed by atoms with Crippen molar-refractivity contribution in [2.45, 2.75) is 25.7 Å². The number of hydrogen-bond acceptors (Lipinski definition) is 2. The fraction of sp³-hybridized carbons (Fsp3) is 0.533. The lowest BCUT2D eigenvalue weighted by atomic mass is 10.1. The quantitative estimate of drug-likeness (QED) is 0.819. The van der Waals surface area contributed by atoms with E-state index < -0.39 is 0 Å². The maximum atomic E-state index is 13.3. The van der Waals surface area contributed by atoms with Gasteiger partial charge >= 0.3 is 0 Å². The highest BCUT2D eigenvalue weighted by Gasteiger charge is 2.25. The molecule has 1 fully saturated rings. The third kappa shape index (κ3) is 3.69. The monoisotopic (exact) mass is 265 g/mol. The Morgan fingerprint density at radius 2 is 2.05 bits per heavy atom. The lowest BCUT2D eigenvalue weighted by molar-refractivity contribution is -0.134. The fourth-order valence-corrected chi connectivity index (χ4v) is 2.45. The van der Waals surface area contributed by atoms with Crippen LogP contribution in [0.4, 0.5) is 4.39 Å². The van der Waals surface area contributed by atoms with Crippen LogP contribution in [0.1, 0.15) is 25.7 Å². The molecule has 19 heavy (non-hydrogen) atoms. The Labute approximate surface area is 113 Å². The predicted molar refractivity (Wildman–Crippen MR) is 71.5 cm³/mol. The number of carbonyl (C=O) groups is 1. The van der Waals surface area contributed by atoms with E-state index in [0.717, 1.165) is 25.7 Å². The molecule has 1 amide bonds. The number of halogens is 1. The summed E-state index contributed by atoms with van der Waals surface area (Å²) < 4.78 is 18.7. The molecule has 0 heterocycles. The molecule has 0 unspecified atom stereocenters. The number of para-hydroxylation sites is 1. The third-order valence-corrected chi connectivity index (χ3v) is 3.60. The van der Waals surface area contributed by atoms with Crippen LogP contribution in [0.5, 0.6) is 5.75 Å². The van der Waals surface area contributed by atoms with E-state index in [1.807, 2.05) is 0 Å². The normalized spacial score (nSPS) is 15.5. The number of amides is 1. The molecule has 2 rings (SSSR count). The SMILES string of the molecule is CN(CCOc1ccccc1F)C(=O)C1CCCC1. The van der Waals surface area contributed by atoms with Crippen molar-refractivity contribution in [3.63, 3.8) is 0 Å². The highest BCUT2D eigenvalue weighted by Crippen LogP contribution is 2.26. The zero-order chi connectivity index (χ0) is 13.7. The van der Waals surface area contributed by atoms with Gasteiger partial charge in [0.15, 0.2) is 11.6 Å². The van der Waals surface area contributed by atoms with E-state index >= 15 is 0 Å². The third-order valence-electron chi connectivity index (χ3n) is 3.60. The molecule has 0 N–H and O–H groups in total. The van der Waals surface area contributed by atoms with Crippen molar-refractivity contribution in [1.82, 2.24) is 4.90 Å². The molecule has 0 bridgehead atoms. The summed E-state index contributed by atoms with van der Waals surface area (Å²) in [6.07, 6.45) is 4.29. The van der Waals surface area contributed by atoms with E-state index in [0.29, 0.717) is 13.2 Å². The lowest BCUT2D eigenvalue weighted by Gasteiger charge is -2.21. The topological polar surface area (TPSA) is 29.5 Å². The van der Waals surface area contributed by atoms with E-state index in [-0.39, 0.29) is 23.4 Å². The van der Waals surface area contributed by atoms with Crippen molar-refractivity contribution in [3.8, 4) is 5.75 Å². The molecule has 104 valence electrons. The van der Waals surface area contributed by atoms with Crippen molar-refractivity contribution in [2.75, 3.05) is 20.2 Å². The van der Waals surface area contributed by atoms with Crippen LogP contribution in [0.3, 0.4) is 0 Å². The van der Waals surface area contributed by atoms with Crippen molar-refractivity contribution in [1.29, 1.82) is 0 Å². The molecule has 0 aromatic heterocycles. The van der Waals surface area contributed by atoms with Gasteiger partial charge in [0.2, 0.25) is 5.91 Å². The van der Waals surface area contributed by atoms with Gasteiger partial charge in [-0.2, -0.15) is 0 Å². The van der Waals surface area contributed by atoms with Crippen LogP contribution in [-0.2, 0) is 4.79 Å². The Morgan fingerprint density at radius 3 is 2.74 bits per heavy atom. The molecular formula is C15H20FNO2. The summed E-state index contributed by atoms with van der Waals surface area (Å²) in [5.41, 5.74) is 0. The largest absolute Gasteiger partial charge is 0.489 e. The fourth-order valence-electron chi connectivity index (χ4n) is 2.45. The minimum atomic E-state index is -0.368. The highest BCUT2D eigenvalue weighted by atomic mass is 19.1. The Hall–Kier alpha value is -1.58. The van der Waals surface area contributed by atoms with Crippen LogP contribution in [-0.4, -0.2) is 31.0 Å². The summed E-state index contributed by atoms with van der Waals surface area (Å²) >= 11 is 0. The summed E-state index contributed by atoms with van der Waals surface area (Å²) in [5.74, 6) is 0.240. The zero-order valence-corrected chi connectivity index (χ0v) is 11.3. The van der Waals surface area contributed by atoms with Crippen molar-refractivity contribution >= 4 is 5.91 Å². The Kier molecular flexibility index (Phi) is 4.77. The molecule has 0 spiro atoms. The maximum Gasteiger partial charge on any atom is 0.225 e. The molecule has 0 aliphatic heterocycles. The molecule has 0 saturated heterocycles. The number of ether oxygens (including phenoxy) is 1. The first-order chi connectivity index (χ1) is 9.18. The molecule has 1 aromatic rings. The molecule has 4 heteroatoms. The standard InChI is InChI=1S/C15H20FNO2/c1-17(15(18)12-6-2-3-7-12)10-11-19-14-9-5-4-8-13(14)16/h4-5,8-9,12H,2-3,6-7,10-11H2,1H3. The molecule has 0 radical (unpaired) electrons. The van der Waals surface area contributed by atoms with Crippen LogP contribution in [0.2, 0.25) is 0 Å². The van der Waals surface area contributed by atoms with Gasteiger partial charge in [0.25, 0.3) is 0 Å². The van der Waals surface area contributed by atoms with E-state index in [2.05, 4.69) is 0 Å². The van der Waals surface area contributed by atoms with Crippen LogP contribution in [0.15, 0.2) is 24.3 Å². The lowest BCUT2D eigenvalue weighted by Crippen LogP contribution is -2.34. The Bertz CT molecular complexity index is 430. The van der Waals surface area contributed by atoms with Crippen LogP contribution >= 0.6 is 0 Å². The van der Waals surface area contributed by atoms with E-state index in [1.54, 1.807) is 30.1 Å². The second-order valence-corrected chi connectivity index (χ2v) is 5.02. The van der Waals surface area contributed by atoms with E-state index in [9.17, 15) is 9.18 Å². The summed E-state index contributed by atoms with van der Waals surface area (Å²) in [7, 11) is 1.78. The second-order valence-electron chi connectivity index (χ2n) is 5.02. The van der Waals surface area contributed by atoms with Crippen molar-refractivity contribution in [2.24, 2.45) is 5.92 Å². The van der Waals surface area contributed by atoms with Gasteiger partial charge < -0.3 is 9.64 Å². The minimum Gasteiger partial charge on any atom is -0.489 e. The van der Waals surface area contributed by atoms with Gasteiger partial charge in [0, 0.05) is 13.0 Å². The van der Waals surface area contributed by atoms with Crippen molar-refractivity contribution < 1.29 is 13.9 Å². The van der Waals surface area contributed by atoms with E-state index in [4.69, 9.17) is 4.74 Å². The molecule has 1 aliphatic carbocycles. The number of carbonyl (C=O) groups excluding carboxylic acids is 1. The number of hydrogen-bond donors (Lipinski definition) is 0. The first kappa shape index (κ1) is 13.8. The summed E-state index contributed by atoms with van der Waals surface area (Å²) in [6, 6.07) is 6.31. The van der Waals surface area contributed by atoms with Gasteiger partial charge in [-0.1, -0.05) is 25.0 Å². The number of nitrogens with zero attached hydrogens (tertiary/aromatic N) is 1. The summed E-state index contributed by atoms with van der Waals surface area (Å²) in [5, 5.41) is 0. The predicted octanol–water partition coefficient (Wildman–Crippen LogP) is 2.85. The Balaban J connectivity index is 1.76. The van der Waals surface area contributed by atoms with Crippen molar-refractivity contribution in [3.05, 3.63) is 30.1 Å². The molecule has 1 aliphatic rings. The van der Waals surface area contributed by atoms with Gasteiger partial charge in [0.05, 0.1) is 6.54 Å². The van der Waals surface area contributed by atoms with Gasteiger partial charge in [-0.05, 0) is 25.0 Å². The summed E-state index contributed by atoms with van der Waals surface area (Å²) in [6.45, 7) is 0.805. The smallest absolute Gasteiger partial charge is 0.225 e. The highest BCUT2D eigenvalue weighted by molar-refractivity contribution is 5.78. The van der Waals surface area contributed by atoms with Crippen LogP contribution in [0, 0.1) is 11.7 Å². The second kappa shape index (κ2) is 6.55. The molecular weight excluding hydrogens is 245 g/mol. The molecule has 0 atom stereocenters. The zero-order valence-electron chi connectivity index (χ0n) is 11.3. The number of rotatable bonds is 5. The van der Waals surface area contributed by atoms with Gasteiger partial charge in [-0.25, -0.2) is 4.39 Å². The first-order valence-corrected chi connectivity index (χ1v) is 6.81. The maximum absolute atomic E-state index is 13.3. The first-order valence-electron chi connectivity index (χ1n) is 6.81. The molecule has 3 nitrogen and oxygen atoms in total. The average Bonchev–Trinajstić information content (AvgIpc) is 2.94. The molecule has 1 saturated carbocycles. The minimum absolute atomic E-state index is 0.179. The van der Waals surface area contributed by atoms with Gasteiger partial charge in [0.1, 0.15) is 6.61 Å². The average molecular weight is 265 g/mol. The van der Waals surface area contributed by atoms with Crippen LogP contribution in [0.25, 0.3) is 0 Å². The van der Waals surface area contributed by atoms with Crippen LogP contribution < -0.4 is 4.74 Å². The summed E-state index contributed by atoms with van der Waals surface area (Å²) in [4.78, 5) is 13.7. The van der Waals surface area contributed by atoms with E-state index in [1.165, 1.54) is 6.07 Å². The Morgan fingerprint density at radius 1 is 1.37 bits per heavy atom. The van der Waals surface area contributed by atoms with Gasteiger partial charge in [-0.3, -0.25) is 4.79 Å². The number of benzene rings is 1.